The fourth-order valence-corrected chi connectivity index (χ4v) is 4.21. The topological polar surface area (TPSA) is 136 Å². The molecule has 0 aliphatic carbocycles. The van der Waals surface area contributed by atoms with Gasteiger partial charge < -0.3 is 27.4 Å². The van der Waals surface area contributed by atoms with Gasteiger partial charge in [-0.25, -0.2) is 18.2 Å². The van der Waals surface area contributed by atoms with Gasteiger partial charge >= 0.3 is 0 Å². The minimum absolute atomic E-state index is 0.0367. The van der Waals surface area contributed by atoms with E-state index in [4.69, 9.17) is 17.2 Å². The van der Waals surface area contributed by atoms with E-state index in [0.717, 1.165) is 29.7 Å². The minimum atomic E-state index is -1.15. The first-order chi connectivity index (χ1) is 14.7. The number of nitrogens with one attached hydrogen (secondary N) is 1. The molecule has 3 rings (SSSR count). The van der Waals surface area contributed by atoms with E-state index in [9.17, 15) is 18.0 Å². The molecule has 8 nitrogen and oxygen atoms in total. The Bertz CT molecular complexity index is 1010. The highest BCUT2D eigenvalue weighted by atomic mass is 32.1. The summed E-state index contributed by atoms with van der Waals surface area (Å²) in [4.78, 5) is 22.5. The number of halogens is 3. The number of aliphatic imine (C=N–C) groups is 1. The fourth-order valence-electron chi connectivity index (χ4n) is 3.34. The minimum Gasteiger partial charge on any atom is -0.403 e. The van der Waals surface area contributed by atoms with Crippen LogP contribution >= 0.6 is 11.3 Å². The summed E-state index contributed by atoms with van der Waals surface area (Å²) in [6.45, 7) is 0.374. The lowest BCUT2D eigenvalue weighted by atomic mass is 10.0. The molecule has 31 heavy (non-hydrogen) atoms. The molecule has 0 bridgehead atoms. The standard InChI is InChI=1S/C19H22F3N7OS/c1-26-17(29-7-9(20)5-10(24)8-29)13(6-23)27-18(30)15-16(25)31-19(28-15)14-11(21)3-2-4-12(14)22/h2-4,6,9-10H,5,7-8,23-25H2,1H3,(H,27,30)/t9-,10-/m0/s1. The predicted octanol–water partition coefficient (Wildman–Crippen LogP) is 1.60. The molecule has 2 aromatic rings. The Labute approximate surface area is 180 Å². The van der Waals surface area contributed by atoms with E-state index >= 15 is 0 Å². The van der Waals surface area contributed by atoms with E-state index in [1.54, 1.807) is 4.90 Å². The number of carbonyl (C=O) groups is 1. The van der Waals surface area contributed by atoms with Gasteiger partial charge in [0.25, 0.3) is 5.91 Å². The molecule has 1 aromatic heterocycles. The maximum Gasteiger partial charge on any atom is 0.277 e. The number of nitrogen functional groups attached to an aromatic ring is 1. The normalized spacial score (nSPS) is 20.1. The van der Waals surface area contributed by atoms with Crippen molar-refractivity contribution < 1.29 is 18.0 Å². The van der Waals surface area contributed by atoms with E-state index in [-0.39, 0.29) is 45.8 Å². The van der Waals surface area contributed by atoms with Crippen molar-refractivity contribution in [1.82, 2.24) is 15.2 Å². The van der Waals surface area contributed by atoms with Gasteiger partial charge in [-0.2, -0.15) is 0 Å². The molecule has 2 atom stereocenters. The average molecular weight is 453 g/mol. The van der Waals surface area contributed by atoms with Gasteiger partial charge in [0.15, 0.2) is 5.69 Å². The summed E-state index contributed by atoms with van der Waals surface area (Å²) in [5, 5.41) is 2.42. The number of piperidine rings is 1. The molecule has 1 fully saturated rings. The Morgan fingerprint density at radius 3 is 2.61 bits per heavy atom. The smallest absolute Gasteiger partial charge is 0.277 e. The van der Waals surface area contributed by atoms with Crippen molar-refractivity contribution in [3.8, 4) is 10.6 Å². The molecule has 1 aliphatic rings. The number of hydrogen-bond donors (Lipinski definition) is 4. The largest absolute Gasteiger partial charge is 0.403 e. The lowest BCUT2D eigenvalue weighted by Gasteiger charge is -2.35. The highest BCUT2D eigenvalue weighted by molar-refractivity contribution is 7.19. The molecule has 0 radical (unpaired) electrons. The van der Waals surface area contributed by atoms with Gasteiger partial charge in [-0.3, -0.25) is 9.79 Å². The Balaban J connectivity index is 1.84. The van der Waals surface area contributed by atoms with Gasteiger partial charge in [-0.05, 0) is 18.6 Å². The van der Waals surface area contributed by atoms with Crippen LogP contribution in [0.15, 0.2) is 35.1 Å². The Kier molecular flexibility index (Phi) is 6.81. The summed E-state index contributed by atoms with van der Waals surface area (Å²) in [6, 6.07) is 2.98. The van der Waals surface area contributed by atoms with Crippen LogP contribution in [0.25, 0.3) is 10.6 Å². The second-order valence-electron chi connectivity index (χ2n) is 6.91. The first-order valence-electron chi connectivity index (χ1n) is 9.30. The van der Waals surface area contributed by atoms with Crippen LogP contribution in [-0.2, 0) is 0 Å². The zero-order valence-electron chi connectivity index (χ0n) is 16.6. The fraction of sp³-hybridized carbons (Fsp3) is 0.316. The van der Waals surface area contributed by atoms with Crippen LogP contribution in [0.5, 0.6) is 0 Å². The third kappa shape index (κ3) is 4.80. The molecule has 12 heteroatoms. The third-order valence-electron chi connectivity index (χ3n) is 4.64. The Morgan fingerprint density at radius 1 is 1.35 bits per heavy atom. The number of amides is 1. The number of amidine groups is 1. The number of anilines is 1. The second kappa shape index (κ2) is 9.35. The molecule has 0 unspecified atom stereocenters. The van der Waals surface area contributed by atoms with Crippen molar-refractivity contribution in [3.63, 3.8) is 0 Å². The lowest BCUT2D eigenvalue weighted by Crippen LogP contribution is -2.52. The first-order valence-corrected chi connectivity index (χ1v) is 10.1. The highest BCUT2D eigenvalue weighted by Crippen LogP contribution is 2.33. The highest BCUT2D eigenvalue weighted by Gasteiger charge is 2.29. The summed E-state index contributed by atoms with van der Waals surface area (Å²) >= 11 is 0.770. The zero-order valence-corrected chi connectivity index (χ0v) is 17.4. The van der Waals surface area contributed by atoms with Crippen molar-refractivity contribution in [2.24, 2.45) is 16.5 Å². The van der Waals surface area contributed by atoms with Crippen molar-refractivity contribution in [1.29, 1.82) is 0 Å². The van der Waals surface area contributed by atoms with Crippen molar-refractivity contribution in [3.05, 3.63) is 47.4 Å². The van der Waals surface area contributed by atoms with E-state index in [1.807, 2.05) is 0 Å². The van der Waals surface area contributed by atoms with Gasteiger partial charge in [0.2, 0.25) is 0 Å². The number of hydrogen-bond acceptors (Lipinski definition) is 7. The maximum atomic E-state index is 14.1. The van der Waals surface area contributed by atoms with Crippen LogP contribution in [0.2, 0.25) is 0 Å². The molecule has 1 aromatic carbocycles. The number of thiazole rings is 1. The quantitative estimate of drug-likeness (QED) is 0.410. The molecular weight excluding hydrogens is 431 g/mol. The Morgan fingerprint density at radius 2 is 2.03 bits per heavy atom. The number of benzene rings is 1. The number of likely N-dealkylation sites (tertiary alicyclic amines) is 1. The summed E-state index contributed by atoms with van der Waals surface area (Å²) in [5.41, 5.74) is 16.9. The molecule has 0 saturated carbocycles. The second-order valence-corrected chi connectivity index (χ2v) is 7.94. The van der Waals surface area contributed by atoms with E-state index in [0.29, 0.717) is 6.54 Å². The summed E-state index contributed by atoms with van der Waals surface area (Å²) in [7, 11) is 1.47. The number of rotatable bonds is 4. The van der Waals surface area contributed by atoms with E-state index in [1.165, 1.54) is 13.1 Å². The van der Waals surface area contributed by atoms with Crippen LogP contribution in [0.4, 0.5) is 18.2 Å². The first kappa shape index (κ1) is 22.6. The predicted molar refractivity (Wildman–Crippen MR) is 114 cm³/mol. The van der Waals surface area contributed by atoms with Gasteiger partial charge in [0, 0.05) is 25.8 Å². The van der Waals surface area contributed by atoms with Crippen molar-refractivity contribution in [2.75, 3.05) is 25.9 Å². The Hall–Kier alpha value is -3.12. The molecule has 166 valence electrons. The van der Waals surface area contributed by atoms with Gasteiger partial charge in [-0.1, -0.05) is 17.4 Å². The number of aromatic nitrogens is 1. The van der Waals surface area contributed by atoms with Crippen LogP contribution in [0.3, 0.4) is 0 Å². The zero-order chi connectivity index (χ0) is 22.7. The van der Waals surface area contributed by atoms with Crippen LogP contribution in [-0.4, -0.2) is 54.0 Å². The number of alkyl halides is 1. The van der Waals surface area contributed by atoms with E-state index < -0.39 is 29.8 Å². The van der Waals surface area contributed by atoms with Crippen molar-refractivity contribution >= 4 is 28.1 Å². The molecule has 1 amide bonds. The molecule has 1 aliphatic heterocycles. The lowest BCUT2D eigenvalue weighted by molar-refractivity contribution is 0.0963. The number of carbonyl (C=O) groups excluding carboxylic acids is 1. The molecular formula is C19H22F3N7OS. The molecule has 2 heterocycles. The van der Waals surface area contributed by atoms with Gasteiger partial charge in [-0.15, -0.1) is 0 Å². The van der Waals surface area contributed by atoms with Gasteiger partial charge in [0.05, 0.1) is 17.8 Å². The van der Waals surface area contributed by atoms with Crippen LogP contribution in [0.1, 0.15) is 16.9 Å². The molecule has 0 spiro atoms. The summed E-state index contributed by atoms with van der Waals surface area (Å²) < 4.78 is 42.1. The van der Waals surface area contributed by atoms with E-state index in [2.05, 4.69) is 15.3 Å². The molecule has 7 N–H and O–H groups in total. The van der Waals surface area contributed by atoms with Gasteiger partial charge in [0.1, 0.15) is 33.7 Å². The maximum absolute atomic E-state index is 14.1. The average Bonchev–Trinajstić information content (AvgIpc) is 3.08. The SMILES string of the molecule is CN=C(C(=CN)NC(=O)c1nc(-c2c(F)cccc2F)sc1N)N1C[C@@H](N)C[C@H](F)C1. The number of nitrogens with zero attached hydrogens (tertiary/aromatic N) is 3. The van der Waals surface area contributed by atoms with Crippen LogP contribution < -0.4 is 22.5 Å². The molecule has 1 saturated heterocycles. The summed E-state index contributed by atoms with van der Waals surface area (Å²) in [6.07, 6.45) is 0.183. The summed E-state index contributed by atoms with van der Waals surface area (Å²) in [5.74, 6) is -2.17. The number of nitrogens with two attached hydrogens (primary N) is 3. The monoisotopic (exact) mass is 453 g/mol. The third-order valence-corrected chi connectivity index (χ3v) is 5.55. The van der Waals surface area contributed by atoms with Crippen LogP contribution in [0, 0.1) is 11.6 Å². The van der Waals surface area contributed by atoms with Crippen molar-refractivity contribution in [2.45, 2.75) is 18.6 Å².